The summed E-state index contributed by atoms with van der Waals surface area (Å²) in [6, 6.07) is 0. The number of hydrogen-bond donors (Lipinski definition) is 1. The number of piperidine rings is 1. The fourth-order valence-electron chi connectivity index (χ4n) is 1.90. The van der Waals surface area contributed by atoms with Gasteiger partial charge in [0.05, 0.1) is 17.1 Å². The van der Waals surface area contributed by atoms with Crippen LogP contribution in [0.25, 0.3) is 0 Å². The second-order valence-corrected chi connectivity index (χ2v) is 5.28. The number of nitrogens with one attached hydrogen (secondary N) is 1. The number of nitrogens with zero attached hydrogens (tertiary/aromatic N) is 3. The predicted molar refractivity (Wildman–Crippen MR) is 65.2 cm³/mol. The van der Waals surface area contributed by atoms with E-state index in [1.807, 2.05) is 27.7 Å². The lowest BCUT2D eigenvalue weighted by Crippen LogP contribution is -2.45. The van der Waals surface area contributed by atoms with E-state index in [1.54, 1.807) is 5.01 Å². The van der Waals surface area contributed by atoms with Gasteiger partial charge in [0.25, 0.3) is 0 Å². The topological polar surface area (TPSA) is 62.9 Å². The minimum absolute atomic E-state index is 0.0615. The Morgan fingerprint density at radius 2 is 2.00 bits per heavy atom. The van der Waals surface area contributed by atoms with E-state index in [2.05, 4.69) is 10.6 Å². The van der Waals surface area contributed by atoms with Crippen molar-refractivity contribution in [1.82, 2.24) is 10.3 Å². The molecule has 0 aromatic heterocycles. The summed E-state index contributed by atoms with van der Waals surface area (Å²) in [5, 5.41) is 20.3. The Kier molecular flexibility index (Phi) is 4.99. The third kappa shape index (κ3) is 4.38. The monoisotopic (exact) mass is 244 g/mol. The lowest BCUT2D eigenvalue weighted by molar-refractivity contribution is -0.725. The van der Waals surface area contributed by atoms with Crippen molar-refractivity contribution in [2.75, 3.05) is 19.6 Å². The Balaban J connectivity index is 2.51. The molecule has 0 bridgehead atoms. The van der Waals surface area contributed by atoms with Crippen LogP contribution in [0.2, 0.25) is 0 Å². The van der Waals surface area contributed by atoms with E-state index < -0.39 is 0 Å². The van der Waals surface area contributed by atoms with Crippen molar-refractivity contribution < 1.29 is 9.81 Å². The summed E-state index contributed by atoms with van der Waals surface area (Å²) >= 11 is 0. The maximum atomic E-state index is 11.8. The Morgan fingerprint density at radius 1 is 1.41 bits per heavy atom. The Bertz CT molecular complexity index is 257. The van der Waals surface area contributed by atoms with E-state index in [0.717, 1.165) is 25.9 Å². The molecule has 0 saturated carbocycles. The summed E-state index contributed by atoms with van der Waals surface area (Å²) in [6.07, 6.45) is 1.86. The third-order valence-corrected chi connectivity index (χ3v) is 2.83. The molecule has 1 aliphatic rings. The van der Waals surface area contributed by atoms with Crippen molar-refractivity contribution in [3.8, 4) is 0 Å². The summed E-state index contributed by atoms with van der Waals surface area (Å²) in [4.78, 5) is 5.85. The fourth-order valence-corrected chi connectivity index (χ4v) is 1.90. The molecule has 0 aromatic rings. The first-order valence-corrected chi connectivity index (χ1v) is 6.27. The average Bonchev–Trinajstić information content (AvgIpc) is 2.27. The van der Waals surface area contributed by atoms with Crippen LogP contribution in [0, 0.1) is 5.21 Å². The summed E-state index contributed by atoms with van der Waals surface area (Å²) in [5.74, 6) is 0. The van der Waals surface area contributed by atoms with Crippen LogP contribution in [0.3, 0.4) is 0 Å². The van der Waals surface area contributed by atoms with Crippen LogP contribution in [0.4, 0.5) is 0 Å². The minimum atomic E-state index is -0.252. The van der Waals surface area contributed by atoms with Crippen LogP contribution in [0.15, 0.2) is 5.28 Å². The van der Waals surface area contributed by atoms with Crippen molar-refractivity contribution >= 4 is 0 Å². The molecule has 0 radical (unpaired) electrons. The molecule has 1 fully saturated rings. The molecular weight excluding hydrogens is 220 g/mol. The zero-order chi connectivity index (χ0) is 12.9. The maximum absolute atomic E-state index is 11.8. The van der Waals surface area contributed by atoms with Crippen LogP contribution < -0.4 is 5.32 Å². The van der Waals surface area contributed by atoms with E-state index in [9.17, 15) is 5.21 Å². The van der Waals surface area contributed by atoms with Gasteiger partial charge in [0.15, 0.2) is 0 Å². The first-order chi connectivity index (χ1) is 7.95. The Morgan fingerprint density at radius 3 is 2.47 bits per heavy atom. The molecule has 17 heavy (non-hydrogen) atoms. The number of hydrazine groups is 1. The van der Waals surface area contributed by atoms with Crippen LogP contribution in [-0.4, -0.2) is 41.3 Å². The van der Waals surface area contributed by atoms with E-state index >= 15 is 0 Å². The molecular formula is C11H24N4O2. The molecule has 0 unspecified atom stereocenters. The molecule has 6 heteroatoms. The molecule has 100 valence electrons. The van der Waals surface area contributed by atoms with Crippen molar-refractivity contribution in [3.63, 3.8) is 0 Å². The Labute approximate surface area is 103 Å². The normalized spacial score (nSPS) is 19.2. The Hall–Kier alpha value is -1.04. The van der Waals surface area contributed by atoms with Crippen LogP contribution >= 0.6 is 0 Å². The van der Waals surface area contributed by atoms with Crippen LogP contribution in [0.1, 0.15) is 40.5 Å². The fraction of sp³-hybridized carbons (Fsp3) is 1.00. The lowest BCUT2D eigenvalue weighted by atomic mass is 10.1. The summed E-state index contributed by atoms with van der Waals surface area (Å²) in [7, 11) is 0. The van der Waals surface area contributed by atoms with E-state index in [1.165, 1.54) is 0 Å². The highest BCUT2D eigenvalue weighted by molar-refractivity contribution is 4.68. The summed E-state index contributed by atoms with van der Waals surface area (Å²) in [5.41, 5.74) is -0.252. The zero-order valence-corrected chi connectivity index (χ0v) is 11.3. The van der Waals surface area contributed by atoms with Gasteiger partial charge in [-0.25, -0.2) is 0 Å². The van der Waals surface area contributed by atoms with Gasteiger partial charge in [-0.2, -0.15) is 0 Å². The van der Waals surface area contributed by atoms with E-state index in [-0.39, 0.29) is 11.6 Å². The SMILES string of the molecule is CCN(/[N+]([O-])=N\OC1CCNCC1)C(C)(C)C. The van der Waals surface area contributed by atoms with Gasteiger partial charge in [-0.1, -0.05) is 0 Å². The lowest BCUT2D eigenvalue weighted by Gasteiger charge is -2.29. The van der Waals surface area contributed by atoms with Gasteiger partial charge >= 0.3 is 0 Å². The van der Waals surface area contributed by atoms with Gasteiger partial charge in [0.2, 0.25) is 5.28 Å². The third-order valence-electron chi connectivity index (χ3n) is 2.83. The molecule has 0 aliphatic carbocycles. The van der Waals surface area contributed by atoms with Gasteiger partial charge in [0.1, 0.15) is 6.10 Å². The van der Waals surface area contributed by atoms with Gasteiger partial charge < -0.3 is 15.4 Å². The largest absolute Gasteiger partial charge is 0.569 e. The molecule has 1 heterocycles. The molecule has 0 spiro atoms. The highest BCUT2D eigenvalue weighted by Gasteiger charge is 2.27. The molecule has 0 amide bonds. The van der Waals surface area contributed by atoms with Crippen molar-refractivity contribution in [1.29, 1.82) is 0 Å². The minimum Gasteiger partial charge on any atom is -0.569 e. The quantitative estimate of drug-likeness (QED) is 0.464. The highest BCUT2D eigenvalue weighted by Crippen LogP contribution is 2.14. The van der Waals surface area contributed by atoms with Crippen molar-refractivity contribution in [3.05, 3.63) is 5.21 Å². The highest BCUT2D eigenvalue weighted by atomic mass is 16.7. The first kappa shape index (κ1) is 14.0. The molecule has 1 N–H and O–H groups in total. The van der Waals surface area contributed by atoms with Crippen molar-refractivity contribution in [2.24, 2.45) is 5.28 Å². The molecule has 0 atom stereocenters. The van der Waals surface area contributed by atoms with Gasteiger partial charge in [-0.3, -0.25) is 0 Å². The van der Waals surface area contributed by atoms with Crippen LogP contribution in [-0.2, 0) is 4.84 Å². The maximum Gasteiger partial charge on any atom is 0.233 e. The average molecular weight is 244 g/mol. The number of hydrogen-bond acceptors (Lipinski definition) is 4. The summed E-state index contributed by atoms with van der Waals surface area (Å²) in [6.45, 7) is 10.3. The number of rotatable bonds is 4. The van der Waals surface area contributed by atoms with Crippen LogP contribution in [0.5, 0.6) is 0 Å². The van der Waals surface area contributed by atoms with Gasteiger partial charge in [-0.15, -0.1) is 5.01 Å². The van der Waals surface area contributed by atoms with Gasteiger partial charge in [0, 0.05) is 0 Å². The predicted octanol–water partition coefficient (Wildman–Crippen LogP) is 1.67. The van der Waals surface area contributed by atoms with Crippen molar-refractivity contribution in [2.45, 2.75) is 52.2 Å². The molecule has 6 nitrogen and oxygen atoms in total. The zero-order valence-electron chi connectivity index (χ0n) is 11.3. The molecule has 1 saturated heterocycles. The molecule has 1 aliphatic heterocycles. The second kappa shape index (κ2) is 6.05. The second-order valence-electron chi connectivity index (χ2n) is 5.28. The molecule has 0 aromatic carbocycles. The summed E-state index contributed by atoms with van der Waals surface area (Å²) < 4.78 is 0. The first-order valence-electron chi connectivity index (χ1n) is 6.27. The molecule has 1 rings (SSSR count). The van der Waals surface area contributed by atoms with E-state index in [4.69, 9.17) is 4.84 Å². The van der Waals surface area contributed by atoms with Gasteiger partial charge in [-0.05, 0) is 53.6 Å². The standard InChI is InChI=1S/C11H24N4O2/c1-5-14(11(2,3)4)15(16)13-17-10-6-8-12-9-7-10/h10,12H,5-9H2,1-4H3/b15-13+. The smallest absolute Gasteiger partial charge is 0.233 e. The van der Waals surface area contributed by atoms with E-state index in [0.29, 0.717) is 11.5 Å².